The molecular formula is C10H8N4. The number of hydrogen-bond donors (Lipinski definition) is 0. The first kappa shape index (κ1) is 8.45. The van der Waals surface area contributed by atoms with Crippen molar-refractivity contribution < 1.29 is 0 Å². The predicted molar refractivity (Wildman–Crippen MR) is 51.2 cm³/mol. The van der Waals surface area contributed by atoms with E-state index in [1.807, 2.05) is 13.2 Å². The van der Waals surface area contributed by atoms with E-state index in [0.717, 1.165) is 11.1 Å². The molecule has 0 fully saturated rings. The van der Waals surface area contributed by atoms with Gasteiger partial charge < -0.3 is 0 Å². The Kier molecular flexibility index (Phi) is 2.24. The van der Waals surface area contributed by atoms with Crippen LogP contribution in [0.2, 0.25) is 0 Å². The lowest BCUT2D eigenvalue weighted by Gasteiger charge is -1.84. The van der Waals surface area contributed by atoms with Gasteiger partial charge in [-0.1, -0.05) is 11.8 Å². The molecule has 4 nitrogen and oxygen atoms in total. The van der Waals surface area contributed by atoms with Gasteiger partial charge in [-0.15, -0.1) is 0 Å². The summed E-state index contributed by atoms with van der Waals surface area (Å²) >= 11 is 0. The van der Waals surface area contributed by atoms with Crippen LogP contribution in [-0.4, -0.2) is 19.7 Å². The van der Waals surface area contributed by atoms with Crippen molar-refractivity contribution in [2.75, 3.05) is 0 Å². The molecule has 0 N–H and O–H groups in total. The van der Waals surface area contributed by atoms with E-state index in [1.165, 1.54) is 6.33 Å². The Morgan fingerprint density at radius 1 is 1.07 bits per heavy atom. The van der Waals surface area contributed by atoms with Crippen molar-refractivity contribution in [2.24, 2.45) is 7.05 Å². The fraction of sp³-hybridized carbons (Fsp3) is 0.100. The van der Waals surface area contributed by atoms with Gasteiger partial charge >= 0.3 is 0 Å². The van der Waals surface area contributed by atoms with Gasteiger partial charge in [-0.25, -0.2) is 9.97 Å². The molecule has 0 radical (unpaired) electrons. The molecule has 0 aromatic carbocycles. The zero-order valence-electron chi connectivity index (χ0n) is 7.68. The highest BCUT2D eigenvalue weighted by Gasteiger charge is 1.89. The summed E-state index contributed by atoms with van der Waals surface area (Å²) in [4.78, 5) is 7.74. The second kappa shape index (κ2) is 3.71. The van der Waals surface area contributed by atoms with E-state index in [2.05, 4.69) is 26.9 Å². The monoisotopic (exact) mass is 184 g/mol. The standard InChI is InChI=1S/C10H8N4/c1-14-7-10(6-13-14)3-2-9-4-11-8-12-5-9/h4-8H,1H3. The Labute approximate surface area is 81.6 Å². The maximum absolute atomic E-state index is 4.01. The Balaban J connectivity index is 2.23. The summed E-state index contributed by atoms with van der Waals surface area (Å²) in [7, 11) is 1.86. The van der Waals surface area contributed by atoms with Crippen LogP contribution >= 0.6 is 0 Å². The summed E-state index contributed by atoms with van der Waals surface area (Å²) < 4.78 is 1.71. The van der Waals surface area contributed by atoms with Crippen molar-refractivity contribution in [3.63, 3.8) is 0 Å². The van der Waals surface area contributed by atoms with Crippen LogP contribution < -0.4 is 0 Å². The average Bonchev–Trinajstić information content (AvgIpc) is 2.63. The Hall–Kier alpha value is -2.15. The van der Waals surface area contributed by atoms with Gasteiger partial charge in [0.1, 0.15) is 6.33 Å². The van der Waals surface area contributed by atoms with Crippen molar-refractivity contribution >= 4 is 0 Å². The highest BCUT2D eigenvalue weighted by molar-refractivity contribution is 5.38. The van der Waals surface area contributed by atoms with E-state index in [-0.39, 0.29) is 0 Å². The largest absolute Gasteiger partial charge is 0.275 e. The lowest BCUT2D eigenvalue weighted by molar-refractivity contribution is 0.767. The topological polar surface area (TPSA) is 43.6 Å². The Morgan fingerprint density at radius 3 is 2.43 bits per heavy atom. The van der Waals surface area contributed by atoms with Gasteiger partial charge in [0, 0.05) is 25.6 Å². The van der Waals surface area contributed by atoms with Crippen molar-refractivity contribution in [2.45, 2.75) is 0 Å². The molecular weight excluding hydrogens is 176 g/mol. The lowest BCUT2D eigenvalue weighted by atomic mass is 10.3. The van der Waals surface area contributed by atoms with Crippen LogP contribution in [0.1, 0.15) is 11.1 Å². The first-order valence-electron chi connectivity index (χ1n) is 4.10. The van der Waals surface area contributed by atoms with E-state index in [4.69, 9.17) is 0 Å². The van der Waals surface area contributed by atoms with Crippen LogP contribution in [-0.2, 0) is 7.05 Å². The zero-order chi connectivity index (χ0) is 9.80. The molecule has 0 atom stereocenters. The molecule has 0 aliphatic rings. The molecule has 0 bridgehead atoms. The van der Waals surface area contributed by atoms with E-state index in [1.54, 1.807) is 23.3 Å². The fourth-order valence-electron chi connectivity index (χ4n) is 0.994. The van der Waals surface area contributed by atoms with Crippen LogP contribution in [0.25, 0.3) is 0 Å². The maximum Gasteiger partial charge on any atom is 0.115 e. The number of hydrogen-bond acceptors (Lipinski definition) is 3. The summed E-state index contributed by atoms with van der Waals surface area (Å²) in [6.07, 6.45) is 8.41. The molecule has 2 heterocycles. The molecule has 4 heteroatoms. The average molecular weight is 184 g/mol. The van der Waals surface area contributed by atoms with Gasteiger partial charge in [0.15, 0.2) is 0 Å². The SMILES string of the molecule is Cn1cc(C#Cc2cncnc2)cn1. The van der Waals surface area contributed by atoms with E-state index >= 15 is 0 Å². The van der Waals surface area contributed by atoms with Crippen molar-refractivity contribution in [3.05, 3.63) is 42.2 Å². The first-order chi connectivity index (χ1) is 6.84. The quantitative estimate of drug-likeness (QED) is 0.563. The third kappa shape index (κ3) is 1.96. The normalized spacial score (nSPS) is 9.21. The molecule has 0 unspecified atom stereocenters. The van der Waals surface area contributed by atoms with Crippen LogP contribution in [0.4, 0.5) is 0 Å². The summed E-state index contributed by atoms with van der Waals surface area (Å²) in [5.74, 6) is 5.91. The minimum absolute atomic E-state index is 0.802. The van der Waals surface area contributed by atoms with E-state index < -0.39 is 0 Å². The number of nitrogens with zero attached hydrogens (tertiary/aromatic N) is 4. The maximum atomic E-state index is 4.01. The van der Waals surface area contributed by atoms with Crippen molar-refractivity contribution in [1.29, 1.82) is 0 Å². The smallest absolute Gasteiger partial charge is 0.115 e. The summed E-state index contributed by atoms with van der Waals surface area (Å²) in [6, 6.07) is 0. The third-order valence-electron chi connectivity index (χ3n) is 1.62. The number of rotatable bonds is 0. The number of aryl methyl sites for hydroxylation is 1. The molecule has 0 aliphatic heterocycles. The van der Waals surface area contributed by atoms with Gasteiger partial charge in [0.25, 0.3) is 0 Å². The molecule has 68 valence electrons. The minimum atomic E-state index is 0.802. The van der Waals surface area contributed by atoms with Gasteiger partial charge in [0.05, 0.1) is 17.3 Å². The summed E-state index contributed by atoms with van der Waals surface area (Å²) in [5, 5.41) is 4.01. The lowest BCUT2D eigenvalue weighted by Crippen LogP contribution is -1.84. The second-order valence-electron chi connectivity index (χ2n) is 2.78. The van der Waals surface area contributed by atoms with E-state index in [9.17, 15) is 0 Å². The van der Waals surface area contributed by atoms with Crippen LogP contribution in [0.5, 0.6) is 0 Å². The van der Waals surface area contributed by atoms with Crippen molar-refractivity contribution in [3.8, 4) is 11.8 Å². The summed E-state index contributed by atoms with van der Waals surface area (Å²) in [5.41, 5.74) is 1.69. The first-order valence-corrected chi connectivity index (χ1v) is 4.10. The molecule has 0 spiro atoms. The highest BCUT2D eigenvalue weighted by Crippen LogP contribution is 1.94. The molecule has 0 saturated heterocycles. The fourth-order valence-corrected chi connectivity index (χ4v) is 0.994. The Morgan fingerprint density at radius 2 is 1.79 bits per heavy atom. The minimum Gasteiger partial charge on any atom is -0.275 e. The predicted octanol–water partition coefficient (Wildman–Crippen LogP) is 0.610. The molecule has 2 aromatic rings. The van der Waals surface area contributed by atoms with Gasteiger partial charge in [-0.05, 0) is 0 Å². The van der Waals surface area contributed by atoms with Crippen LogP contribution in [0.15, 0.2) is 31.1 Å². The molecule has 14 heavy (non-hydrogen) atoms. The molecule has 0 aliphatic carbocycles. The Bertz CT molecular complexity index is 476. The zero-order valence-corrected chi connectivity index (χ0v) is 7.68. The van der Waals surface area contributed by atoms with E-state index in [0.29, 0.717) is 0 Å². The van der Waals surface area contributed by atoms with Crippen LogP contribution in [0.3, 0.4) is 0 Å². The van der Waals surface area contributed by atoms with Gasteiger partial charge in [-0.2, -0.15) is 5.10 Å². The molecule has 0 amide bonds. The second-order valence-corrected chi connectivity index (χ2v) is 2.78. The van der Waals surface area contributed by atoms with Crippen molar-refractivity contribution in [1.82, 2.24) is 19.7 Å². The molecule has 2 aromatic heterocycles. The highest BCUT2D eigenvalue weighted by atomic mass is 15.2. The third-order valence-corrected chi connectivity index (χ3v) is 1.62. The summed E-state index contributed by atoms with van der Waals surface area (Å²) in [6.45, 7) is 0. The number of aromatic nitrogens is 4. The molecule has 0 saturated carbocycles. The van der Waals surface area contributed by atoms with Gasteiger partial charge in [-0.3, -0.25) is 4.68 Å². The van der Waals surface area contributed by atoms with Gasteiger partial charge in [0.2, 0.25) is 0 Å². The molecule has 2 rings (SSSR count). The van der Waals surface area contributed by atoms with Crippen LogP contribution in [0, 0.1) is 11.8 Å².